The van der Waals surface area contributed by atoms with Crippen molar-refractivity contribution < 1.29 is 14.3 Å². The Morgan fingerprint density at radius 1 is 1.28 bits per heavy atom. The second kappa shape index (κ2) is 5.26. The summed E-state index contributed by atoms with van der Waals surface area (Å²) in [7, 11) is 1.71. The van der Waals surface area contributed by atoms with Crippen LogP contribution in [0.4, 0.5) is 0 Å². The van der Waals surface area contributed by atoms with Crippen LogP contribution >= 0.6 is 0 Å². The van der Waals surface area contributed by atoms with Crippen molar-refractivity contribution in [2.75, 3.05) is 7.11 Å². The lowest BCUT2D eigenvalue weighted by Crippen LogP contribution is -2.64. The second-order valence-electron chi connectivity index (χ2n) is 5.33. The van der Waals surface area contributed by atoms with Crippen LogP contribution in [0.25, 0.3) is 0 Å². The van der Waals surface area contributed by atoms with E-state index in [0.717, 1.165) is 25.7 Å². The van der Waals surface area contributed by atoms with Crippen LogP contribution in [0.5, 0.6) is 0 Å². The number of carbonyl (C=O) groups is 2. The van der Waals surface area contributed by atoms with Crippen LogP contribution in [0.15, 0.2) is 0 Å². The van der Waals surface area contributed by atoms with Crippen molar-refractivity contribution in [1.29, 1.82) is 0 Å². The van der Waals surface area contributed by atoms with Gasteiger partial charge in [-0.05, 0) is 39.5 Å². The summed E-state index contributed by atoms with van der Waals surface area (Å²) in [6, 6.07) is -0.634. The number of rotatable bonds is 2. The fourth-order valence-corrected chi connectivity index (χ4v) is 3.02. The minimum Gasteiger partial charge on any atom is -0.381 e. The monoisotopic (exact) mass is 254 g/mol. The van der Waals surface area contributed by atoms with E-state index in [1.54, 1.807) is 25.9 Å². The Balaban J connectivity index is 2.13. The molecular formula is C13H22N2O3. The van der Waals surface area contributed by atoms with E-state index in [0.29, 0.717) is 0 Å². The maximum absolute atomic E-state index is 12.2. The molecule has 2 fully saturated rings. The zero-order valence-corrected chi connectivity index (χ0v) is 11.3. The van der Waals surface area contributed by atoms with Crippen molar-refractivity contribution in [3.05, 3.63) is 0 Å². The number of nitrogens with zero attached hydrogens (tertiary/aromatic N) is 1. The molecule has 2 aliphatic rings. The Kier molecular flexibility index (Phi) is 3.90. The van der Waals surface area contributed by atoms with Gasteiger partial charge in [-0.1, -0.05) is 0 Å². The number of carbonyl (C=O) groups excluding carboxylic acids is 2. The molecule has 0 aromatic carbocycles. The summed E-state index contributed by atoms with van der Waals surface area (Å²) in [6.07, 6.45) is 4.12. The Labute approximate surface area is 108 Å². The normalized spacial score (nSPS) is 37.6. The standard InChI is InChI=1S/C13H22N2O3/c1-8-13(17)15(9(2)12(16)14-8)10-5-4-6-11(7-10)18-3/h8-11H,4-7H2,1-3H3,(H,14,16). The van der Waals surface area contributed by atoms with Gasteiger partial charge in [0, 0.05) is 13.2 Å². The van der Waals surface area contributed by atoms with Gasteiger partial charge in [0.1, 0.15) is 12.1 Å². The Morgan fingerprint density at radius 3 is 2.67 bits per heavy atom. The summed E-state index contributed by atoms with van der Waals surface area (Å²) in [5.74, 6) is -0.0227. The molecule has 1 saturated heterocycles. The quantitative estimate of drug-likeness (QED) is 0.788. The molecule has 2 amide bonds. The predicted molar refractivity (Wildman–Crippen MR) is 67.0 cm³/mol. The van der Waals surface area contributed by atoms with Crippen molar-refractivity contribution in [3.63, 3.8) is 0 Å². The molecule has 18 heavy (non-hydrogen) atoms. The molecule has 1 aliphatic heterocycles. The topological polar surface area (TPSA) is 58.6 Å². The smallest absolute Gasteiger partial charge is 0.245 e. The van der Waals surface area contributed by atoms with Crippen LogP contribution in [0.2, 0.25) is 0 Å². The average molecular weight is 254 g/mol. The molecule has 5 nitrogen and oxygen atoms in total. The molecule has 1 N–H and O–H groups in total. The summed E-state index contributed by atoms with van der Waals surface area (Å²) < 4.78 is 5.40. The molecule has 1 heterocycles. The van der Waals surface area contributed by atoms with Gasteiger partial charge in [-0.2, -0.15) is 0 Å². The van der Waals surface area contributed by atoms with E-state index < -0.39 is 6.04 Å². The summed E-state index contributed by atoms with van der Waals surface area (Å²) in [4.78, 5) is 25.8. The van der Waals surface area contributed by atoms with Gasteiger partial charge >= 0.3 is 0 Å². The largest absolute Gasteiger partial charge is 0.381 e. The lowest BCUT2D eigenvalue weighted by atomic mass is 9.89. The Bertz CT molecular complexity index is 345. The highest BCUT2D eigenvalue weighted by Crippen LogP contribution is 2.28. The molecule has 1 saturated carbocycles. The summed E-state index contributed by atoms with van der Waals surface area (Å²) in [5.41, 5.74) is 0. The Morgan fingerprint density at radius 2 is 2.00 bits per heavy atom. The van der Waals surface area contributed by atoms with Crippen LogP contribution in [0.3, 0.4) is 0 Å². The first-order chi connectivity index (χ1) is 8.54. The minimum atomic E-state index is -0.406. The van der Waals surface area contributed by atoms with E-state index in [1.807, 2.05) is 0 Å². The molecule has 0 radical (unpaired) electrons. The Hall–Kier alpha value is -1.10. The van der Waals surface area contributed by atoms with E-state index in [4.69, 9.17) is 4.74 Å². The van der Waals surface area contributed by atoms with Crippen LogP contribution in [-0.4, -0.2) is 48.1 Å². The van der Waals surface area contributed by atoms with Crippen molar-refractivity contribution in [2.45, 2.75) is 63.8 Å². The number of hydrogen-bond donors (Lipinski definition) is 1. The van der Waals surface area contributed by atoms with Gasteiger partial charge in [0.2, 0.25) is 11.8 Å². The van der Waals surface area contributed by atoms with Crippen molar-refractivity contribution in [2.24, 2.45) is 0 Å². The van der Waals surface area contributed by atoms with Gasteiger partial charge in [0.05, 0.1) is 6.10 Å². The molecule has 0 spiro atoms. The molecular weight excluding hydrogens is 232 g/mol. The molecule has 102 valence electrons. The fourth-order valence-electron chi connectivity index (χ4n) is 3.02. The lowest BCUT2D eigenvalue weighted by molar-refractivity contribution is -0.152. The minimum absolute atomic E-state index is 0.0313. The molecule has 0 aromatic heterocycles. The van der Waals surface area contributed by atoms with Gasteiger partial charge in [-0.15, -0.1) is 0 Å². The van der Waals surface area contributed by atoms with Crippen LogP contribution in [-0.2, 0) is 14.3 Å². The third-order valence-corrected chi connectivity index (χ3v) is 4.11. The first-order valence-electron chi connectivity index (χ1n) is 6.70. The zero-order valence-electron chi connectivity index (χ0n) is 11.3. The number of amides is 2. The number of methoxy groups -OCH3 is 1. The fraction of sp³-hybridized carbons (Fsp3) is 0.846. The highest BCUT2D eigenvalue weighted by Gasteiger charge is 2.41. The average Bonchev–Trinajstić information content (AvgIpc) is 2.37. The van der Waals surface area contributed by atoms with Gasteiger partial charge < -0.3 is 15.0 Å². The number of ether oxygens (including phenoxy) is 1. The maximum Gasteiger partial charge on any atom is 0.245 e. The predicted octanol–water partition coefficient (Wildman–Crippen LogP) is 0.679. The number of piperazine rings is 1. The van der Waals surface area contributed by atoms with Gasteiger partial charge in [0.15, 0.2) is 0 Å². The second-order valence-corrected chi connectivity index (χ2v) is 5.33. The molecule has 4 atom stereocenters. The van der Waals surface area contributed by atoms with E-state index in [1.165, 1.54) is 0 Å². The first kappa shape index (κ1) is 13.3. The molecule has 0 bridgehead atoms. The zero-order chi connectivity index (χ0) is 13.3. The first-order valence-corrected chi connectivity index (χ1v) is 6.70. The number of nitrogens with one attached hydrogen (secondary N) is 1. The highest BCUT2D eigenvalue weighted by atomic mass is 16.5. The molecule has 5 heteroatoms. The van der Waals surface area contributed by atoms with E-state index in [2.05, 4.69) is 5.32 Å². The van der Waals surface area contributed by atoms with E-state index in [-0.39, 0.29) is 30.0 Å². The van der Waals surface area contributed by atoms with Gasteiger partial charge in [-0.3, -0.25) is 9.59 Å². The lowest BCUT2D eigenvalue weighted by Gasteiger charge is -2.44. The van der Waals surface area contributed by atoms with Crippen molar-refractivity contribution in [1.82, 2.24) is 10.2 Å². The van der Waals surface area contributed by atoms with E-state index >= 15 is 0 Å². The van der Waals surface area contributed by atoms with Crippen LogP contribution in [0, 0.1) is 0 Å². The SMILES string of the molecule is COC1CCCC(N2C(=O)C(C)NC(=O)C2C)C1. The number of hydrogen-bond acceptors (Lipinski definition) is 3. The van der Waals surface area contributed by atoms with Crippen molar-refractivity contribution in [3.8, 4) is 0 Å². The van der Waals surface area contributed by atoms with Gasteiger partial charge in [0.25, 0.3) is 0 Å². The third-order valence-electron chi connectivity index (χ3n) is 4.11. The van der Waals surface area contributed by atoms with E-state index in [9.17, 15) is 9.59 Å². The molecule has 1 aliphatic carbocycles. The van der Waals surface area contributed by atoms with Crippen LogP contribution in [0.1, 0.15) is 39.5 Å². The van der Waals surface area contributed by atoms with Gasteiger partial charge in [-0.25, -0.2) is 0 Å². The molecule has 0 aromatic rings. The third kappa shape index (κ3) is 2.36. The van der Waals surface area contributed by atoms with Crippen LogP contribution < -0.4 is 5.32 Å². The highest BCUT2D eigenvalue weighted by molar-refractivity contribution is 5.96. The maximum atomic E-state index is 12.2. The summed E-state index contributed by atoms with van der Waals surface area (Å²) >= 11 is 0. The summed E-state index contributed by atoms with van der Waals surface area (Å²) in [5, 5.41) is 2.71. The molecule has 4 unspecified atom stereocenters. The molecule has 2 rings (SSSR count). The summed E-state index contributed by atoms with van der Waals surface area (Å²) in [6.45, 7) is 3.55. The van der Waals surface area contributed by atoms with Crippen molar-refractivity contribution >= 4 is 11.8 Å².